The zero-order valence-electron chi connectivity index (χ0n) is 9.54. The highest BCUT2D eigenvalue weighted by molar-refractivity contribution is 5.92. The van der Waals surface area contributed by atoms with Crippen LogP contribution >= 0.6 is 0 Å². The SMILES string of the molecule is CC(C)C(=O)C1CCC1C(=O)C(C)C. The average Bonchev–Trinajstić information content (AvgIpc) is 2.01. The van der Waals surface area contributed by atoms with Gasteiger partial charge in [-0.25, -0.2) is 0 Å². The van der Waals surface area contributed by atoms with Crippen LogP contribution in [0.5, 0.6) is 0 Å². The maximum atomic E-state index is 11.7. The van der Waals surface area contributed by atoms with Crippen molar-refractivity contribution in [2.45, 2.75) is 40.5 Å². The molecule has 1 fully saturated rings. The van der Waals surface area contributed by atoms with Gasteiger partial charge < -0.3 is 0 Å². The van der Waals surface area contributed by atoms with E-state index in [9.17, 15) is 9.59 Å². The maximum absolute atomic E-state index is 11.7. The van der Waals surface area contributed by atoms with Crippen LogP contribution in [0.15, 0.2) is 0 Å². The number of carbonyl (C=O) groups excluding carboxylic acids is 2. The molecule has 2 heteroatoms. The Bertz CT molecular complexity index is 215. The van der Waals surface area contributed by atoms with Crippen molar-refractivity contribution in [1.29, 1.82) is 0 Å². The van der Waals surface area contributed by atoms with Gasteiger partial charge in [0.05, 0.1) is 0 Å². The van der Waals surface area contributed by atoms with Gasteiger partial charge in [-0.05, 0) is 12.8 Å². The minimum atomic E-state index is 0.0323. The van der Waals surface area contributed by atoms with Gasteiger partial charge in [0.2, 0.25) is 0 Å². The smallest absolute Gasteiger partial charge is 0.139 e. The Morgan fingerprint density at radius 2 is 1.14 bits per heavy atom. The van der Waals surface area contributed by atoms with Crippen molar-refractivity contribution in [1.82, 2.24) is 0 Å². The summed E-state index contributed by atoms with van der Waals surface area (Å²) in [5, 5.41) is 0. The van der Waals surface area contributed by atoms with Crippen molar-refractivity contribution in [3.05, 3.63) is 0 Å². The Hall–Kier alpha value is -0.660. The lowest BCUT2D eigenvalue weighted by molar-refractivity contribution is -0.141. The fraction of sp³-hybridized carbons (Fsp3) is 0.833. The highest BCUT2D eigenvalue weighted by Crippen LogP contribution is 2.38. The van der Waals surface area contributed by atoms with E-state index >= 15 is 0 Å². The molecule has 1 aliphatic rings. The van der Waals surface area contributed by atoms with Gasteiger partial charge >= 0.3 is 0 Å². The fourth-order valence-electron chi connectivity index (χ4n) is 2.04. The Morgan fingerprint density at radius 3 is 1.29 bits per heavy atom. The van der Waals surface area contributed by atoms with Crippen molar-refractivity contribution in [3.63, 3.8) is 0 Å². The van der Waals surface area contributed by atoms with Gasteiger partial charge in [0.25, 0.3) is 0 Å². The van der Waals surface area contributed by atoms with Crippen LogP contribution in [0.2, 0.25) is 0 Å². The molecule has 0 amide bonds. The van der Waals surface area contributed by atoms with Gasteiger partial charge in [0.15, 0.2) is 0 Å². The lowest BCUT2D eigenvalue weighted by atomic mass is 9.66. The highest BCUT2D eigenvalue weighted by Gasteiger charge is 2.41. The van der Waals surface area contributed by atoms with Crippen LogP contribution in [-0.2, 0) is 9.59 Å². The fourth-order valence-corrected chi connectivity index (χ4v) is 2.04. The van der Waals surface area contributed by atoms with Gasteiger partial charge in [-0.1, -0.05) is 27.7 Å². The zero-order chi connectivity index (χ0) is 10.9. The normalized spacial score (nSPS) is 26.4. The molecule has 0 aromatic heterocycles. The van der Waals surface area contributed by atoms with E-state index in [0.717, 1.165) is 12.8 Å². The van der Waals surface area contributed by atoms with Crippen molar-refractivity contribution in [2.75, 3.05) is 0 Å². The molecule has 2 atom stereocenters. The summed E-state index contributed by atoms with van der Waals surface area (Å²) in [6, 6.07) is 0. The van der Waals surface area contributed by atoms with E-state index in [0.29, 0.717) is 0 Å². The lowest BCUT2D eigenvalue weighted by Crippen LogP contribution is -2.41. The van der Waals surface area contributed by atoms with Crippen molar-refractivity contribution >= 4 is 11.6 Å². The Morgan fingerprint density at radius 1 is 0.857 bits per heavy atom. The third kappa shape index (κ3) is 2.05. The monoisotopic (exact) mass is 196 g/mol. The average molecular weight is 196 g/mol. The highest BCUT2D eigenvalue weighted by atomic mass is 16.1. The van der Waals surface area contributed by atoms with Gasteiger partial charge in [-0.3, -0.25) is 9.59 Å². The molecule has 0 spiro atoms. The van der Waals surface area contributed by atoms with Crippen molar-refractivity contribution in [2.24, 2.45) is 23.7 Å². The molecule has 0 radical (unpaired) electrons. The standard InChI is InChI=1S/C12H20O2/c1-7(2)11(13)9-5-6-10(9)12(14)8(3)4/h7-10H,5-6H2,1-4H3. The van der Waals surface area contributed by atoms with Crippen LogP contribution in [0.3, 0.4) is 0 Å². The van der Waals surface area contributed by atoms with E-state index in [4.69, 9.17) is 0 Å². The van der Waals surface area contributed by atoms with Crippen LogP contribution < -0.4 is 0 Å². The number of Topliss-reactive ketones (excluding diaryl/α,β-unsaturated/α-hetero) is 2. The first-order valence-corrected chi connectivity index (χ1v) is 5.52. The molecule has 0 aliphatic heterocycles. The molecule has 1 rings (SSSR count). The van der Waals surface area contributed by atoms with Crippen LogP contribution in [0.25, 0.3) is 0 Å². The molecule has 80 valence electrons. The third-order valence-corrected chi connectivity index (χ3v) is 3.14. The van der Waals surface area contributed by atoms with Crippen molar-refractivity contribution in [3.8, 4) is 0 Å². The second-order valence-corrected chi connectivity index (χ2v) is 4.90. The van der Waals surface area contributed by atoms with Gasteiger partial charge in [-0.15, -0.1) is 0 Å². The molecule has 0 aromatic carbocycles. The first-order chi connectivity index (χ1) is 6.45. The van der Waals surface area contributed by atoms with Crippen LogP contribution in [-0.4, -0.2) is 11.6 Å². The second-order valence-electron chi connectivity index (χ2n) is 4.90. The summed E-state index contributed by atoms with van der Waals surface area (Å²) in [7, 11) is 0. The zero-order valence-corrected chi connectivity index (χ0v) is 9.54. The number of hydrogen-bond acceptors (Lipinski definition) is 2. The number of carbonyl (C=O) groups is 2. The topological polar surface area (TPSA) is 34.1 Å². The van der Waals surface area contributed by atoms with E-state index in [1.165, 1.54) is 0 Å². The third-order valence-electron chi connectivity index (χ3n) is 3.14. The van der Waals surface area contributed by atoms with Gasteiger partial charge in [0.1, 0.15) is 11.6 Å². The molecular formula is C12H20O2. The molecule has 0 saturated heterocycles. The Balaban J connectivity index is 2.59. The molecule has 14 heavy (non-hydrogen) atoms. The number of hydrogen-bond donors (Lipinski definition) is 0. The first kappa shape index (κ1) is 11.4. The van der Waals surface area contributed by atoms with Crippen LogP contribution in [0.1, 0.15) is 40.5 Å². The summed E-state index contributed by atoms with van der Waals surface area (Å²) >= 11 is 0. The van der Waals surface area contributed by atoms with E-state index in [1.54, 1.807) is 0 Å². The maximum Gasteiger partial charge on any atom is 0.139 e. The number of rotatable bonds is 4. The minimum Gasteiger partial charge on any atom is -0.299 e. The summed E-state index contributed by atoms with van der Waals surface area (Å²) < 4.78 is 0. The summed E-state index contributed by atoms with van der Waals surface area (Å²) in [6.45, 7) is 7.66. The van der Waals surface area contributed by atoms with Gasteiger partial charge in [-0.2, -0.15) is 0 Å². The summed E-state index contributed by atoms with van der Waals surface area (Å²) in [4.78, 5) is 23.4. The van der Waals surface area contributed by atoms with Crippen LogP contribution in [0, 0.1) is 23.7 Å². The van der Waals surface area contributed by atoms with E-state index in [2.05, 4.69) is 0 Å². The van der Waals surface area contributed by atoms with E-state index in [-0.39, 0.29) is 35.2 Å². The second kappa shape index (κ2) is 4.24. The summed E-state index contributed by atoms with van der Waals surface area (Å²) in [6.07, 6.45) is 1.83. The molecular weight excluding hydrogens is 176 g/mol. The molecule has 1 saturated carbocycles. The van der Waals surface area contributed by atoms with Crippen molar-refractivity contribution < 1.29 is 9.59 Å². The molecule has 0 bridgehead atoms. The Labute approximate surface area is 86.1 Å². The predicted octanol–water partition coefficient (Wildman–Crippen LogP) is 2.46. The van der Waals surface area contributed by atoms with Gasteiger partial charge in [0, 0.05) is 23.7 Å². The molecule has 0 aromatic rings. The first-order valence-electron chi connectivity index (χ1n) is 5.52. The summed E-state index contributed by atoms with van der Waals surface area (Å²) in [5.41, 5.74) is 0. The molecule has 2 unspecified atom stereocenters. The molecule has 1 aliphatic carbocycles. The quantitative estimate of drug-likeness (QED) is 0.692. The largest absolute Gasteiger partial charge is 0.299 e. The molecule has 2 nitrogen and oxygen atoms in total. The van der Waals surface area contributed by atoms with E-state index in [1.807, 2.05) is 27.7 Å². The predicted molar refractivity (Wildman–Crippen MR) is 55.9 cm³/mol. The summed E-state index contributed by atoms with van der Waals surface area (Å²) in [5.74, 6) is 0.755. The van der Waals surface area contributed by atoms with Crippen LogP contribution in [0.4, 0.5) is 0 Å². The lowest BCUT2D eigenvalue weighted by Gasteiger charge is -2.36. The minimum absolute atomic E-state index is 0.0323. The molecule has 0 N–H and O–H groups in total. The number of ketones is 2. The molecule has 0 heterocycles. The Kier molecular flexibility index (Phi) is 3.46. The van der Waals surface area contributed by atoms with E-state index < -0.39 is 0 Å².